The molecule has 8 heteroatoms. The van der Waals surface area contributed by atoms with E-state index in [1.165, 1.54) is 37.0 Å². The number of aliphatic imine (C=N–C) groups is 1. The number of nitrogens with one attached hydrogen (secondary N) is 2. The minimum atomic E-state index is -2.95. The fourth-order valence-corrected chi connectivity index (χ4v) is 4.95. The third-order valence-corrected chi connectivity index (χ3v) is 7.64. The van der Waals surface area contributed by atoms with E-state index >= 15 is 0 Å². The molecule has 2 rings (SSSR count). The van der Waals surface area contributed by atoms with Gasteiger partial charge in [-0.25, -0.2) is 8.42 Å². The van der Waals surface area contributed by atoms with Crippen molar-refractivity contribution in [2.45, 2.75) is 44.4 Å². The zero-order valence-electron chi connectivity index (χ0n) is 15.1. The van der Waals surface area contributed by atoms with Gasteiger partial charge in [-0.1, -0.05) is 32.3 Å². The van der Waals surface area contributed by atoms with Gasteiger partial charge >= 0.3 is 0 Å². The number of nitrogens with zero attached hydrogens (tertiary/aromatic N) is 1. The first-order valence-corrected chi connectivity index (χ1v) is 11.4. The minimum Gasteiger partial charge on any atom is -0.355 e. The number of thiophene rings is 1. The summed E-state index contributed by atoms with van der Waals surface area (Å²) < 4.78 is 23.2. The molecule has 0 radical (unpaired) electrons. The molecule has 0 unspecified atom stereocenters. The molecule has 5 nitrogen and oxygen atoms in total. The second kappa shape index (κ2) is 10.7. The standard InChI is InChI=1S/C17H29N3O2S2.HI/c1-3-24(21,22)13-11-19-16(18-2)20-14-17(9-5-4-6-10-17)15-8-7-12-23-15;/h7-8,12H,3-6,9-11,13-14H2,1-2H3,(H2,18,19,20);1H. The van der Waals surface area contributed by atoms with Crippen molar-refractivity contribution < 1.29 is 8.42 Å². The zero-order valence-corrected chi connectivity index (χ0v) is 19.0. The van der Waals surface area contributed by atoms with Crippen LogP contribution in [0.4, 0.5) is 0 Å². The molecule has 0 spiro atoms. The molecule has 25 heavy (non-hydrogen) atoms. The SMILES string of the molecule is CCS(=O)(=O)CCNC(=NC)NCC1(c2cccs2)CCCCC1.I. The molecule has 0 bridgehead atoms. The van der Waals surface area contributed by atoms with Crippen LogP contribution in [-0.4, -0.2) is 46.0 Å². The summed E-state index contributed by atoms with van der Waals surface area (Å²) in [5.41, 5.74) is 0.180. The monoisotopic (exact) mass is 499 g/mol. The number of halogens is 1. The van der Waals surface area contributed by atoms with Crippen LogP contribution in [0, 0.1) is 0 Å². The van der Waals surface area contributed by atoms with Crippen LogP contribution in [0.25, 0.3) is 0 Å². The average Bonchev–Trinajstić information content (AvgIpc) is 3.14. The van der Waals surface area contributed by atoms with Gasteiger partial charge < -0.3 is 10.6 Å². The summed E-state index contributed by atoms with van der Waals surface area (Å²) in [6, 6.07) is 4.36. The van der Waals surface area contributed by atoms with Gasteiger partial charge in [0.25, 0.3) is 0 Å². The smallest absolute Gasteiger partial charge is 0.191 e. The molecule has 1 saturated carbocycles. The molecule has 0 amide bonds. The number of hydrogen-bond acceptors (Lipinski definition) is 4. The lowest BCUT2D eigenvalue weighted by molar-refractivity contribution is 0.296. The van der Waals surface area contributed by atoms with Gasteiger partial charge in [-0.3, -0.25) is 4.99 Å². The summed E-state index contributed by atoms with van der Waals surface area (Å²) in [6.45, 7) is 2.91. The van der Waals surface area contributed by atoms with E-state index in [0.717, 1.165) is 6.54 Å². The van der Waals surface area contributed by atoms with Crippen molar-refractivity contribution in [3.63, 3.8) is 0 Å². The highest BCUT2D eigenvalue weighted by molar-refractivity contribution is 14.0. The van der Waals surface area contributed by atoms with Crippen molar-refractivity contribution in [1.82, 2.24) is 10.6 Å². The van der Waals surface area contributed by atoms with Crippen LogP contribution in [0.5, 0.6) is 0 Å². The fourth-order valence-electron chi connectivity index (χ4n) is 3.26. The topological polar surface area (TPSA) is 70.6 Å². The highest BCUT2D eigenvalue weighted by atomic mass is 127. The Morgan fingerprint density at radius 1 is 1.28 bits per heavy atom. The maximum absolute atomic E-state index is 11.6. The molecule has 0 aliphatic heterocycles. The largest absolute Gasteiger partial charge is 0.355 e. The summed E-state index contributed by atoms with van der Waals surface area (Å²) in [5.74, 6) is 1.01. The Kier molecular flexibility index (Phi) is 9.73. The third kappa shape index (κ3) is 6.71. The van der Waals surface area contributed by atoms with Crippen molar-refractivity contribution in [3.8, 4) is 0 Å². The van der Waals surface area contributed by atoms with Crippen LogP contribution in [0.2, 0.25) is 0 Å². The van der Waals surface area contributed by atoms with Gasteiger partial charge in [-0.15, -0.1) is 35.3 Å². The summed E-state index contributed by atoms with van der Waals surface area (Å²) in [4.78, 5) is 5.68. The molecule has 1 aromatic rings. The first kappa shape index (κ1) is 22.7. The molecule has 1 aliphatic rings. The maximum atomic E-state index is 11.6. The Balaban J connectivity index is 0.00000312. The highest BCUT2D eigenvalue weighted by Crippen LogP contribution is 2.41. The van der Waals surface area contributed by atoms with Crippen LogP contribution in [0.15, 0.2) is 22.5 Å². The normalized spacial score (nSPS) is 17.6. The number of hydrogen-bond donors (Lipinski definition) is 2. The molecule has 0 aromatic carbocycles. The number of guanidine groups is 1. The molecule has 1 aromatic heterocycles. The zero-order chi connectivity index (χ0) is 17.5. The predicted molar refractivity (Wildman–Crippen MR) is 118 cm³/mol. The molecule has 0 saturated heterocycles. The summed E-state index contributed by atoms with van der Waals surface area (Å²) >= 11 is 1.83. The van der Waals surface area contributed by atoms with E-state index in [-0.39, 0.29) is 40.9 Å². The Hall–Kier alpha value is -0.350. The van der Waals surface area contributed by atoms with E-state index in [4.69, 9.17) is 0 Å². The van der Waals surface area contributed by atoms with Crippen molar-refractivity contribution in [1.29, 1.82) is 0 Å². The first-order chi connectivity index (χ1) is 11.5. The van der Waals surface area contributed by atoms with E-state index < -0.39 is 9.84 Å². The van der Waals surface area contributed by atoms with Crippen molar-refractivity contribution in [2.75, 3.05) is 31.6 Å². The Morgan fingerprint density at radius 2 is 2.00 bits per heavy atom. The molecule has 144 valence electrons. The highest BCUT2D eigenvalue weighted by Gasteiger charge is 2.34. The van der Waals surface area contributed by atoms with Crippen LogP contribution in [-0.2, 0) is 15.3 Å². The maximum Gasteiger partial charge on any atom is 0.191 e. The predicted octanol–water partition coefficient (Wildman–Crippen LogP) is 3.17. The second-order valence-corrected chi connectivity index (χ2v) is 9.83. The van der Waals surface area contributed by atoms with Crippen molar-refractivity contribution >= 4 is 51.1 Å². The van der Waals surface area contributed by atoms with Crippen LogP contribution in [0.1, 0.15) is 43.9 Å². The molecular weight excluding hydrogens is 469 g/mol. The van der Waals surface area contributed by atoms with Gasteiger partial charge in [0.1, 0.15) is 0 Å². The van der Waals surface area contributed by atoms with Gasteiger partial charge in [0.2, 0.25) is 0 Å². The quantitative estimate of drug-likeness (QED) is 0.344. The van der Waals surface area contributed by atoms with E-state index in [2.05, 4.69) is 33.1 Å². The van der Waals surface area contributed by atoms with Crippen molar-refractivity contribution in [3.05, 3.63) is 22.4 Å². The lowest BCUT2D eigenvalue weighted by Crippen LogP contribution is -2.47. The van der Waals surface area contributed by atoms with Gasteiger partial charge in [-0.05, 0) is 24.3 Å². The number of rotatable bonds is 7. The summed E-state index contributed by atoms with van der Waals surface area (Å²) in [6.07, 6.45) is 6.24. The third-order valence-electron chi connectivity index (χ3n) is 4.82. The Morgan fingerprint density at radius 3 is 2.56 bits per heavy atom. The molecule has 1 fully saturated rings. The Labute approximate surface area is 173 Å². The second-order valence-electron chi connectivity index (χ2n) is 6.41. The summed E-state index contributed by atoms with van der Waals surface area (Å²) in [5, 5.41) is 8.70. The van der Waals surface area contributed by atoms with Crippen molar-refractivity contribution in [2.24, 2.45) is 4.99 Å². The van der Waals surface area contributed by atoms with Gasteiger partial charge in [0.05, 0.1) is 5.75 Å². The van der Waals surface area contributed by atoms with E-state index in [1.54, 1.807) is 14.0 Å². The fraction of sp³-hybridized carbons (Fsp3) is 0.706. The number of sulfone groups is 1. The lowest BCUT2D eigenvalue weighted by atomic mass is 9.73. The molecule has 2 N–H and O–H groups in total. The van der Waals surface area contributed by atoms with Gasteiger partial charge in [-0.2, -0.15) is 0 Å². The molecular formula is C17H30IN3O2S2. The Bertz CT molecular complexity index is 624. The van der Waals surface area contributed by atoms with Crippen LogP contribution >= 0.6 is 35.3 Å². The van der Waals surface area contributed by atoms with Crippen LogP contribution < -0.4 is 10.6 Å². The molecule has 0 atom stereocenters. The van der Waals surface area contributed by atoms with Gasteiger partial charge in [0, 0.05) is 36.2 Å². The lowest BCUT2D eigenvalue weighted by Gasteiger charge is -2.37. The van der Waals surface area contributed by atoms with Gasteiger partial charge in [0.15, 0.2) is 15.8 Å². The first-order valence-electron chi connectivity index (χ1n) is 8.70. The minimum absolute atomic E-state index is 0. The van der Waals surface area contributed by atoms with E-state index in [9.17, 15) is 8.42 Å². The van der Waals surface area contributed by atoms with E-state index in [1.807, 2.05) is 11.3 Å². The summed E-state index contributed by atoms with van der Waals surface area (Å²) in [7, 11) is -1.23. The van der Waals surface area contributed by atoms with Crippen LogP contribution in [0.3, 0.4) is 0 Å². The molecule has 1 heterocycles. The van der Waals surface area contributed by atoms with E-state index in [0.29, 0.717) is 12.5 Å². The molecule has 1 aliphatic carbocycles. The average molecular weight is 499 g/mol.